The van der Waals surface area contributed by atoms with Crippen molar-refractivity contribution < 1.29 is 14.2 Å². The van der Waals surface area contributed by atoms with Crippen molar-refractivity contribution in [3.8, 4) is 11.5 Å². The van der Waals surface area contributed by atoms with Crippen molar-refractivity contribution in [1.82, 2.24) is 10.2 Å². The minimum atomic E-state index is 0.266. The van der Waals surface area contributed by atoms with Gasteiger partial charge in [-0.25, -0.2) is 0 Å². The van der Waals surface area contributed by atoms with Gasteiger partial charge in [0.25, 0.3) is 0 Å². The first-order chi connectivity index (χ1) is 12.8. The van der Waals surface area contributed by atoms with Crippen LogP contribution in [0.15, 0.2) is 48.5 Å². The molecule has 0 bridgehead atoms. The van der Waals surface area contributed by atoms with E-state index in [0.717, 1.165) is 50.9 Å². The zero-order valence-electron chi connectivity index (χ0n) is 15.6. The van der Waals surface area contributed by atoms with Crippen LogP contribution >= 0.6 is 0 Å². The Bertz CT molecular complexity index is 672. The Kier molecular flexibility index (Phi) is 6.89. The molecule has 5 heteroatoms. The van der Waals surface area contributed by atoms with E-state index >= 15 is 0 Å². The van der Waals surface area contributed by atoms with Crippen molar-refractivity contribution >= 4 is 0 Å². The molecular weight excluding hydrogens is 328 g/mol. The Labute approximate surface area is 155 Å². The standard InChI is InChI=1S/C21H28N2O3/c1-24-20-9-8-18(14-21(20)25-2)19(23-10-12-26-13-11-23)16-22-15-17-6-4-3-5-7-17/h3-9,14,19,22H,10-13,15-16H2,1-2H3. The van der Waals surface area contributed by atoms with Crippen LogP contribution in [-0.4, -0.2) is 52.0 Å². The van der Waals surface area contributed by atoms with Gasteiger partial charge >= 0.3 is 0 Å². The zero-order valence-corrected chi connectivity index (χ0v) is 15.6. The average Bonchev–Trinajstić information content (AvgIpc) is 2.72. The quantitative estimate of drug-likeness (QED) is 0.788. The minimum Gasteiger partial charge on any atom is -0.493 e. The van der Waals surface area contributed by atoms with E-state index in [4.69, 9.17) is 14.2 Å². The Balaban J connectivity index is 1.74. The molecular formula is C21H28N2O3. The van der Waals surface area contributed by atoms with E-state index in [1.165, 1.54) is 11.1 Å². The molecule has 1 atom stereocenters. The predicted molar refractivity (Wildman–Crippen MR) is 103 cm³/mol. The lowest BCUT2D eigenvalue weighted by Crippen LogP contribution is -2.42. The topological polar surface area (TPSA) is 43.0 Å². The van der Waals surface area contributed by atoms with E-state index in [0.29, 0.717) is 0 Å². The maximum absolute atomic E-state index is 5.53. The van der Waals surface area contributed by atoms with Crippen LogP contribution < -0.4 is 14.8 Å². The van der Waals surface area contributed by atoms with Crippen LogP contribution in [0, 0.1) is 0 Å². The molecule has 26 heavy (non-hydrogen) atoms. The molecule has 1 aliphatic rings. The van der Waals surface area contributed by atoms with Crippen LogP contribution in [0.25, 0.3) is 0 Å². The summed E-state index contributed by atoms with van der Waals surface area (Å²) < 4.78 is 16.4. The molecule has 0 aliphatic carbocycles. The first-order valence-electron chi connectivity index (χ1n) is 9.10. The van der Waals surface area contributed by atoms with Crippen molar-refractivity contribution in [3.63, 3.8) is 0 Å². The largest absolute Gasteiger partial charge is 0.493 e. The molecule has 140 valence electrons. The fourth-order valence-electron chi connectivity index (χ4n) is 3.36. The van der Waals surface area contributed by atoms with Gasteiger partial charge < -0.3 is 19.5 Å². The van der Waals surface area contributed by atoms with Crippen LogP contribution in [0.5, 0.6) is 11.5 Å². The van der Waals surface area contributed by atoms with Gasteiger partial charge in [0.15, 0.2) is 11.5 Å². The summed E-state index contributed by atoms with van der Waals surface area (Å²) in [6.45, 7) is 5.16. The molecule has 0 spiro atoms. The smallest absolute Gasteiger partial charge is 0.161 e. The third-order valence-electron chi connectivity index (χ3n) is 4.79. The maximum atomic E-state index is 5.53. The van der Waals surface area contributed by atoms with Gasteiger partial charge in [0.2, 0.25) is 0 Å². The minimum absolute atomic E-state index is 0.266. The predicted octanol–water partition coefficient (Wildman–Crippen LogP) is 2.87. The second kappa shape index (κ2) is 9.57. The number of hydrogen-bond acceptors (Lipinski definition) is 5. The second-order valence-corrected chi connectivity index (χ2v) is 6.40. The summed E-state index contributed by atoms with van der Waals surface area (Å²) in [5, 5.41) is 3.61. The van der Waals surface area contributed by atoms with E-state index in [9.17, 15) is 0 Å². The number of ether oxygens (including phenoxy) is 3. The van der Waals surface area contributed by atoms with Crippen molar-refractivity contribution in [2.75, 3.05) is 47.1 Å². The fourth-order valence-corrected chi connectivity index (χ4v) is 3.36. The number of rotatable bonds is 8. The number of morpholine rings is 1. The highest BCUT2D eigenvalue weighted by Gasteiger charge is 2.23. The Hall–Kier alpha value is -2.08. The van der Waals surface area contributed by atoms with Gasteiger partial charge in [-0.1, -0.05) is 36.4 Å². The average molecular weight is 356 g/mol. The van der Waals surface area contributed by atoms with E-state index in [1.807, 2.05) is 12.1 Å². The van der Waals surface area contributed by atoms with Gasteiger partial charge in [0.1, 0.15) is 0 Å². The lowest BCUT2D eigenvalue weighted by molar-refractivity contribution is 0.0160. The van der Waals surface area contributed by atoms with Gasteiger partial charge in [-0.3, -0.25) is 4.90 Å². The number of hydrogen-bond donors (Lipinski definition) is 1. The lowest BCUT2D eigenvalue weighted by atomic mass is 10.0. The van der Waals surface area contributed by atoms with Crippen LogP contribution in [0.4, 0.5) is 0 Å². The molecule has 1 unspecified atom stereocenters. The Morgan fingerprint density at radius 2 is 1.73 bits per heavy atom. The highest BCUT2D eigenvalue weighted by atomic mass is 16.5. The fraction of sp³-hybridized carbons (Fsp3) is 0.429. The summed E-state index contributed by atoms with van der Waals surface area (Å²) in [4.78, 5) is 2.47. The Morgan fingerprint density at radius 3 is 2.42 bits per heavy atom. The second-order valence-electron chi connectivity index (χ2n) is 6.40. The highest BCUT2D eigenvalue weighted by molar-refractivity contribution is 5.44. The van der Waals surface area contributed by atoms with Gasteiger partial charge in [-0.05, 0) is 23.3 Å². The highest BCUT2D eigenvalue weighted by Crippen LogP contribution is 2.32. The van der Waals surface area contributed by atoms with Crippen LogP contribution in [0.2, 0.25) is 0 Å². The number of nitrogens with zero attached hydrogens (tertiary/aromatic N) is 1. The molecule has 0 aromatic heterocycles. The summed E-state index contributed by atoms with van der Waals surface area (Å²) in [7, 11) is 3.34. The molecule has 1 fully saturated rings. The summed E-state index contributed by atoms with van der Waals surface area (Å²) in [5.41, 5.74) is 2.52. The van der Waals surface area contributed by atoms with E-state index < -0.39 is 0 Å². The summed E-state index contributed by atoms with van der Waals surface area (Å²) in [6.07, 6.45) is 0. The SMILES string of the molecule is COc1ccc(C(CNCc2ccccc2)N2CCOCC2)cc1OC. The van der Waals surface area contributed by atoms with Crippen LogP contribution in [0.1, 0.15) is 17.2 Å². The van der Waals surface area contributed by atoms with Crippen LogP contribution in [0.3, 0.4) is 0 Å². The molecule has 0 radical (unpaired) electrons. The third kappa shape index (κ3) is 4.75. The van der Waals surface area contributed by atoms with Gasteiger partial charge in [-0.2, -0.15) is 0 Å². The molecule has 0 amide bonds. The number of nitrogens with one attached hydrogen (secondary N) is 1. The molecule has 2 aromatic rings. The monoisotopic (exact) mass is 356 g/mol. The van der Waals surface area contributed by atoms with Crippen molar-refractivity contribution in [3.05, 3.63) is 59.7 Å². The molecule has 1 saturated heterocycles. The van der Waals surface area contributed by atoms with Gasteiger partial charge in [-0.15, -0.1) is 0 Å². The first kappa shape index (κ1) is 18.7. The van der Waals surface area contributed by atoms with Crippen molar-refractivity contribution in [1.29, 1.82) is 0 Å². The summed E-state index contributed by atoms with van der Waals surface area (Å²) >= 11 is 0. The number of benzene rings is 2. The van der Waals surface area contributed by atoms with Crippen molar-refractivity contribution in [2.45, 2.75) is 12.6 Å². The van der Waals surface area contributed by atoms with E-state index in [2.05, 4.69) is 46.6 Å². The maximum Gasteiger partial charge on any atom is 0.161 e. The number of methoxy groups -OCH3 is 2. The Morgan fingerprint density at radius 1 is 1.00 bits per heavy atom. The first-order valence-corrected chi connectivity index (χ1v) is 9.10. The van der Waals surface area contributed by atoms with Gasteiger partial charge in [0.05, 0.1) is 27.4 Å². The molecule has 5 nitrogen and oxygen atoms in total. The molecule has 2 aromatic carbocycles. The van der Waals surface area contributed by atoms with E-state index in [1.54, 1.807) is 14.2 Å². The van der Waals surface area contributed by atoms with Gasteiger partial charge in [0, 0.05) is 32.2 Å². The molecule has 1 N–H and O–H groups in total. The molecule has 1 aliphatic heterocycles. The molecule has 0 saturated carbocycles. The van der Waals surface area contributed by atoms with Crippen molar-refractivity contribution in [2.24, 2.45) is 0 Å². The lowest BCUT2D eigenvalue weighted by Gasteiger charge is -2.35. The van der Waals surface area contributed by atoms with Crippen LogP contribution in [-0.2, 0) is 11.3 Å². The van der Waals surface area contributed by atoms with E-state index in [-0.39, 0.29) is 6.04 Å². The third-order valence-corrected chi connectivity index (χ3v) is 4.79. The summed E-state index contributed by atoms with van der Waals surface area (Å²) in [5.74, 6) is 1.53. The normalized spacial score (nSPS) is 16.2. The zero-order chi connectivity index (χ0) is 18.2. The summed E-state index contributed by atoms with van der Waals surface area (Å²) in [6, 6.07) is 17.0. The molecule has 3 rings (SSSR count). The molecule has 1 heterocycles.